The Hall–Kier alpha value is -0.530. The molecule has 0 rings (SSSR count). The normalized spacial score (nSPS) is 12.7. The van der Waals surface area contributed by atoms with Crippen LogP contribution in [0, 0.1) is 0 Å². The second-order valence-electron chi connectivity index (χ2n) is 5.98. The number of carbonyl (C=O) groups excluding carboxylic acids is 1. The number of amides is 1. The number of rotatable bonds is 6. The molecule has 0 spiro atoms. The maximum Gasteiger partial charge on any atom is 0.220 e. The molecule has 0 saturated heterocycles. The molecule has 0 aliphatic heterocycles. The van der Waals surface area contributed by atoms with Crippen molar-refractivity contribution < 1.29 is 4.79 Å². The van der Waals surface area contributed by atoms with Gasteiger partial charge in [0.1, 0.15) is 0 Å². The van der Waals surface area contributed by atoms with Crippen molar-refractivity contribution in [3.8, 4) is 0 Å². The van der Waals surface area contributed by atoms with E-state index in [2.05, 4.69) is 46.4 Å². The summed E-state index contributed by atoms with van der Waals surface area (Å²) in [5, 5.41) is 0. The lowest BCUT2D eigenvalue weighted by atomic mass is 9.87. The second-order valence-corrected chi connectivity index (χ2v) is 5.98. The van der Waals surface area contributed by atoms with Gasteiger partial charge >= 0.3 is 0 Å². The van der Waals surface area contributed by atoms with Gasteiger partial charge in [0.05, 0.1) is 0 Å². The van der Waals surface area contributed by atoms with E-state index in [-0.39, 0.29) is 17.0 Å². The highest BCUT2D eigenvalue weighted by Gasteiger charge is 2.38. The lowest BCUT2D eigenvalue weighted by Crippen LogP contribution is -2.57. The lowest BCUT2D eigenvalue weighted by Gasteiger charge is -2.48. The summed E-state index contributed by atoms with van der Waals surface area (Å²) in [4.78, 5) is 14.0. The molecule has 0 saturated carbocycles. The molecule has 0 aromatic rings. The lowest BCUT2D eigenvalue weighted by molar-refractivity contribution is -0.142. The molecule has 0 unspecified atom stereocenters. The average Bonchev–Trinajstić information content (AvgIpc) is 1.99. The van der Waals surface area contributed by atoms with Crippen molar-refractivity contribution in [3.63, 3.8) is 0 Å². The standard InChI is InChI=1S/C14H29NO/c1-8-10-13(4,5)15(12(3)16)14(6,7)11-9-2/h8-11H2,1-7H3. The van der Waals surface area contributed by atoms with E-state index in [0.29, 0.717) is 0 Å². The molecule has 0 heterocycles. The minimum Gasteiger partial charge on any atom is -0.333 e. The molecule has 1 amide bonds. The highest BCUT2D eigenvalue weighted by atomic mass is 16.2. The van der Waals surface area contributed by atoms with Crippen LogP contribution in [-0.4, -0.2) is 21.9 Å². The first-order valence-electron chi connectivity index (χ1n) is 6.50. The second kappa shape index (κ2) is 5.70. The summed E-state index contributed by atoms with van der Waals surface area (Å²) in [6.07, 6.45) is 4.33. The van der Waals surface area contributed by atoms with Gasteiger partial charge in [-0.2, -0.15) is 0 Å². The summed E-state index contributed by atoms with van der Waals surface area (Å²) in [5.74, 6) is 0.192. The van der Waals surface area contributed by atoms with Crippen LogP contribution in [0.15, 0.2) is 0 Å². The van der Waals surface area contributed by atoms with Gasteiger partial charge in [0.15, 0.2) is 0 Å². The Kier molecular flexibility index (Phi) is 5.51. The molecule has 0 N–H and O–H groups in total. The molecule has 96 valence electrons. The third-order valence-corrected chi connectivity index (χ3v) is 3.25. The smallest absolute Gasteiger partial charge is 0.220 e. The van der Waals surface area contributed by atoms with Crippen molar-refractivity contribution in [2.24, 2.45) is 0 Å². The zero-order valence-corrected chi connectivity index (χ0v) is 12.2. The predicted molar refractivity (Wildman–Crippen MR) is 70.5 cm³/mol. The van der Waals surface area contributed by atoms with Crippen LogP contribution >= 0.6 is 0 Å². The van der Waals surface area contributed by atoms with E-state index < -0.39 is 0 Å². The van der Waals surface area contributed by atoms with Crippen LogP contribution in [0.3, 0.4) is 0 Å². The SMILES string of the molecule is CCCC(C)(C)N(C(C)=O)C(C)(C)CCC. The summed E-state index contributed by atoms with van der Waals surface area (Å²) in [7, 11) is 0. The summed E-state index contributed by atoms with van der Waals surface area (Å²) >= 11 is 0. The molecule has 0 aliphatic carbocycles. The van der Waals surface area contributed by atoms with E-state index in [1.165, 1.54) is 0 Å². The molecular formula is C14H29NO. The van der Waals surface area contributed by atoms with E-state index in [9.17, 15) is 4.79 Å². The predicted octanol–water partition coefficient (Wildman–Crippen LogP) is 3.99. The molecule has 0 aromatic carbocycles. The van der Waals surface area contributed by atoms with E-state index in [4.69, 9.17) is 0 Å². The number of nitrogens with zero attached hydrogens (tertiary/aromatic N) is 1. The van der Waals surface area contributed by atoms with Gasteiger partial charge in [0.2, 0.25) is 5.91 Å². The summed E-state index contributed by atoms with van der Waals surface area (Å²) in [6, 6.07) is 0. The van der Waals surface area contributed by atoms with Gasteiger partial charge in [0.25, 0.3) is 0 Å². The van der Waals surface area contributed by atoms with Gasteiger partial charge in [-0.05, 0) is 40.5 Å². The van der Waals surface area contributed by atoms with Gasteiger partial charge < -0.3 is 4.90 Å². The Morgan fingerprint density at radius 2 is 1.25 bits per heavy atom. The van der Waals surface area contributed by atoms with Crippen molar-refractivity contribution >= 4 is 5.91 Å². The zero-order valence-electron chi connectivity index (χ0n) is 12.2. The topological polar surface area (TPSA) is 20.3 Å². The van der Waals surface area contributed by atoms with Gasteiger partial charge in [-0.1, -0.05) is 26.7 Å². The van der Waals surface area contributed by atoms with E-state index in [0.717, 1.165) is 25.7 Å². The van der Waals surface area contributed by atoms with Crippen molar-refractivity contribution in [2.45, 2.75) is 85.2 Å². The van der Waals surface area contributed by atoms with Crippen molar-refractivity contribution in [1.82, 2.24) is 4.90 Å². The first-order chi connectivity index (χ1) is 7.19. The Morgan fingerprint density at radius 1 is 0.938 bits per heavy atom. The van der Waals surface area contributed by atoms with Gasteiger partial charge in [-0.3, -0.25) is 4.79 Å². The molecular weight excluding hydrogens is 198 g/mol. The third kappa shape index (κ3) is 3.80. The molecule has 2 heteroatoms. The monoisotopic (exact) mass is 227 g/mol. The van der Waals surface area contributed by atoms with Crippen molar-refractivity contribution in [3.05, 3.63) is 0 Å². The number of carbonyl (C=O) groups is 1. The molecule has 0 radical (unpaired) electrons. The van der Waals surface area contributed by atoms with E-state index >= 15 is 0 Å². The van der Waals surface area contributed by atoms with Crippen LogP contribution in [0.1, 0.15) is 74.1 Å². The Morgan fingerprint density at radius 3 is 1.44 bits per heavy atom. The minimum atomic E-state index is -0.0424. The fourth-order valence-electron chi connectivity index (χ4n) is 3.12. The quantitative estimate of drug-likeness (QED) is 0.672. The largest absolute Gasteiger partial charge is 0.333 e. The zero-order chi connectivity index (χ0) is 13.0. The van der Waals surface area contributed by atoms with Gasteiger partial charge in [0, 0.05) is 18.0 Å². The fraction of sp³-hybridized carbons (Fsp3) is 0.929. The van der Waals surface area contributed by atoms with Gasteiger partial charge in [-0.25, -0.2) is 0 Å². The molecule has 0 aromatic heterocycles. The minimum absolute atomic E-state index is 0.0424. The van der Waals surface area contributed by atoms with Crippen LogP contribution in [0.4, 0.5) is 0 Å². The summed E-state index contributed by atoms with van der Waals surface area (Å²) in [5.41, 5.74) is -0.0848. The first kappa shape index (κ1) is 15.5. The molecule has 0 aliphatic rings. The molecule has 0 atom stereocenters. The Labute approximate surface area is 101 Å². The molecule has 16 heavy (non-hydrogen) atoms. The van der Waals surface area contributed by atoms with Crippen LogP contribution in [0.2, 0.25) is 0 Å². The summed E-state index contributed by atoms with van der Waals surface area (Å²) < 4.78 is 0. The van der Waals surface area contributed by atoms with E-state index in [1.807, 2.05) is 0 Å². The fourth-order valence-corrected chi connectivity index (χ4v) is 3.12. The van der Waals surface area contributed by atoms with Crippen LogP contribution in [-0.2, 0) is 4.79 Å². The first-order valence-corrected chi connectivity index (χ1v) is 6.50. The number of hydrogen-bond donors (Lipinski definition) is 0. The van der Waals surface area contributed by atoms with Crippen LogP contribution < -0.4 is 0 Å². The van der Waals surface area contributed by atoms with Crippen LogP contribution in [0.25, 0.3) is 0 Å². The molecule has 0 bridgehead atoms. The maximum atomic E-state index is 11.9. The molecule has 0 fully saturated rings. The number of hydrogen-bond acceptors (Lipinski definition) is 1. The Balaban J connectivity index is 5.07. The third-order valence-electron chi connectivity index (χ3n) is 3.25. The highest BCUT2D eigenvalue weighted by Crippen LogP contribution is 2.32. The van der Waals surface area contributed by atoms with Crippen molar-refractivity contribution in [1.29, 1.82) is 0 Å². The highest BCUT2D eigenvalue weighted by molar-refractivity contribution is 5.75. The van der Waals surface area contributed by atoms with Crippen LogP contribution in [0.5, 0.6) is 0 Å². The van der Waals surface area contributed by atoms with Crippen molar-refractivity contribution in [2.75, 3.05) is 0 Å². The molecule has 2 nitrogen and oxygen atoms in total. The van der Waals surface area contributed by atoms with E-state index in [1.54, 1.807) is 6.92 Å². The van der Waals surface area contributed by atoms with Gasteiger partial charge in [-0.15, -0.1) is 0 Å². The maximum absolute atomic E-state index is 11.9. The average molecular weight is 227 g/mol. The Bertz CT molecular complexity index is 213. The summed E-state index contributed by atoms with van der Waals surface area (Å²) in [6.45, 7) is 14.7.